The smallest absolute Gasteiger partial charge is 0.320 e. The molecule has 0 radical (unpaired) electrons. The molecule has 0 unspecified atom stereocenters. The van der Waals surface area contributed by atoms with E-state index in [0.717, 1.165) is 12.1 Å². The fourth-order valence-corrected chi connectivity index (χ4v) is 2.39. The van der Waals surface area contributed by atoms with E-state index >= 15 is 0 Å². The number of nitrogens with zero attached hydrogens (tertiary/aromatic N) is 2. The van der Waals surface area contributed by atoms with Crippen LogP contribution in [0.5, 0.6) is 5.75 Å². The molecule has 0 saturated heterocycles. The molecule has 0 aliphatic rings. The fraction of sp³-hybridized carbons (Fsp3) is 0.133. The first-order chi connectivity index (χ1) is 11.7. The highest BCUT2D eigenvalue weighted by Gasteiger charge is 2.13. The van der Waals surface area contributed by atoms with Crippen LogP contribution in [-0.4, -0.2) is 35.2 Å². The average Bonchev–Trinajstić information content (AvgIpc) is 2.54. The number of azo groups is 1. The lowest BCUT2D eigenvalue weighted by molar-refractivity contribution is -0.138. The normalized spacial score (nSPS) is 13.0. The third-order valence-corrected chi connectivity index (χ3v) is 4.09. The molecular weight excluding hydrogens is 350 g/mol. The van der Waals surface area contributed by atoms with Gasteiger partial charge in [-0.3, -0.25) is 9.35 Å². The molecule has 0 spiro atoms. The molecule has 0 heterocycles. The molecule has 2 rings (SSSR count). The second-order valence-corrected chi connectivity index (χ2v) is 6.56. The van der Waals surface area contributed by atoms with Crippen molar-refractivity contribution in [2.45, 2.75) is 17.4 Å². The highest BCUT2D eigenvalue weighted by atomic mass is 32.2. The third kappa shape index (κ3) is 5.08. The number of hydrogen-bond acceptors (Lipinski definition) is 7. The maximum Gasteiger partial charge on any atom is 0.320 e. The van der Waals surface area contributed by atoms with Gasteiger partial charge in [0, 0.05) is 0 Å². The van der Waals surface area contributed by atoms with Crippen LogP contribution in [0.3, 0.4) is 0 Å². The van der Waals surface area contributed by atoms with Crippen molar-refractivity contribution in [2.75, 3.05) is 0 Å². The molecule has 2 aromatic rings. The first-order valence-corrected chi connectivity index (χ1v) is 8.40. The Morgan fingerprint density at radius 1 is 1.12 bits per heavy atom. The maximum absolute atomic E-state index is 11.0. The van der Waals surface area contributed by atoms with Crippen molar-refractivity contribution in [1.29, 1.82) is 0 Å². The van der Waals surface area contributed by atoms with Gasteiger partial charge in [0.1, 0.15) is 17.5 Å². The van der Waals surface area contributed by atoms with Gasteiger partial charge in [0.15, 0.2) is 0 Å². The zero-order valence-electron chi connectivity index (χ0n) is 12.8. The van der Waals surface area contributed by atoms with Crippen molar-refractivity contribution in [2.24, 2.45) is 16.0 Å². The average molecular weight is 365 g/mol. The Bertz CT molecular complexity index is 909. The Labute approximate surface area is 143 Å². The Kier molecular flexibility index (Phi) is 5.47. The summed E-state index contributed by atoms with van der Waals surface area (Å²) < 4.78 is 30.8. The summed E-state index contributed by atoms with van der Waals surface area (Å²) in [4.78, 5) is 10.5. The Balaban J connectivity index is 2.21. The molecule has 25 heavy (non-hydrogen) atoms. The van der Waals surface area contributed by atoms with E-state index < -0.39 is 22.1 Å². The van der Waals surface area contributed by atoms with Gasteiger partial charge < -0.3 is 15.9 Å². The molecule has 5 N–H and O–H groups in total. The van der Waals surface area contributed by atoms with Gasteiger partial charge in [0.25, 0.3) is 10.1 Å². The van der Waals surface area contributed by atoms with E-state index in [-0.39, 0.29) is 22.8 Å². The van der Waals surface area contributed by atoms with Gasteiger partial charge in [-0.05, 0) is 48.4 Å². The summed E-state index contributed by atoms with van der Waals surface area (Å²) in [6.45, 7) is 0. The summed E-state index contributed by atoms with van der Waals surface area (Å²) in [5.41, 5.74) is 6.42. The van der Waals surface area contributed by atoms with E-state index in [1.54, 1.807) is 0 Å². The van der Waals surface area contributed by atoms with Crippen LogP contribution in [0.4, 0.5) is 11.4 Å². The van der Waals surface area contributed by atoms with Crippen molar-refractivity contribution in [3.63, 3.8) is 0 Å². The van der Waals surface area contributed by atoms with E-state index in [1.165, 1.54) is 30.3 Å². The molecule has 0 bridgehead atoms. The van der Waals surface area contributed by atoms with Gasteiger partial charge in [0.2, 0.25) is 0 Å². The molecule has 132 valence electrons. The molecule has 1 atom stereocenters. The predicted molar refractivity (Wildman–Crippen MR) is 87.9 cm³/mol. The van der Waals surface area contributed by atoms with Crippen molar-refractivity contribution in [3.05, 3.63) is 48.0 Å². The van der Waals surface area contributed by atoms with E-state index in [4.69, 9.17) is 15.4 Å². The highest BCUT2D eigenvalue weighted by molar-refractivity contribution is 7.85. The van der Waals surface area contributed by atoms with Gasteiger partial charge in [-0.2, -0.15) is 13.5 Å². The summed E-state index contributed by atoms with van der Waals surface area (Å²) in [6.07, 6.45) is 0.0567. The Hall–Kier alpha value is -2.82. The molecule has 0 fully saturated rings. The maximum atomic E-state index is 11.0. The quantitative estimate of drug-likeness (QED) is 0.449. The first kappa shape index (κ1) is 18.5. The van der Waals surface area contributed by atoms with Crippen LogP contribution in [0.2, 0.25) is 0 Å². The van der Waals surface area contributed by atoms with Crippen LogP contribution < -0.4 is 5.73 Å². The number of aliphatic carboxylic acids is 1. The SMILES string of the molecule is N[C@@H](Cc1ccc(O)c(N=Nc2ccc(S(=O)(=O)O)cc2)c1)C(=O)O. The summed E-state index contributed by atoms with van der Waals surface area (Å²) in [6, 6.07) is 8.22. The summed E-state index contributed by atoms with van der Waals surface area (Å²) in [7, 11) is -4.29. The molecule has 0 saturated carbocycles. The monoisotopic (exact) mass is 365 g/mol. The molecule has 0 aliphatic carbocycles. The van der Waals surface area contributed by atoms with E-state index in [1.807, 2.05) is 0 Å². The number of phenolic OH excluding ortho intramolecular Hbond substituents is 1. The zero-order chi connectivity index (χ0) is 18.6. The highest BCUT2D eigenvalue weighted by Crippen LogP contribution is 2.29. The van der Waals surface area contributed by atoms with Crippen LogP contribution in [0.1, 0.15) is 5.56 Å². The van der Waals surface area contributed by atoms with Crippen LogP contribution in [0, 0.1) is 0 Å². The molecule has 0 aromatic heterocycles. The number of rotatable bonds is 6. The lowest BCUT2D eigenvalue weighted by atomic mass is 10.1. The number of carboxylic acid groups (broad SMARTS) is 1. The largest absolute Gasteiger partial charge is 0.506 e. The lowest BCUT2D eigenvalue weighted by Crippen LogP contribution is -2.32. The zero-order valence-corrected chi connectivity index (χ0v) is 13.6. The Morgan fingerprint density at radius 3 is 2.32 bits per heavy atom. The van der Waals surface area contributed by atoms with Crippen LogP contribution in [-0.2, 0) is 21.3 Å². The van der Waals surface area contributed by atoms with Gasteiger partial charge in [-0.1, -0.05) is 6.07 Å². The van der Waals surface area contributed by atoms with Crippen molar-refractivity contribution < 1.29 is 28.0 Å². The van der Waals surface area contributed by atoms with Crippen LogP contribution in [0.15, 0.2) is 57.6 Å². The van der Waals surface area contributed by atoms with Gasteiger partial charge >= 0.3 is 5.97 Å². The molecular formula is C15H15N3O6S. The molecule has 2 aromatic carbocycles. The lowest BCUT2D eigenvalue weighted by Gasteiger charge is -2.07. The molecule has 0 aliphatic heterocycles. The summed E-state index contributed by atoms with van der Waals surface area (Å²) in [5, 5.41) is 26.3. The minimum atomic E-state index is -4.29. The standard InChI is InChI=1S/C15H15N3O6S/c16-12(15(20)21)7-9-1-6-14(19)13(8-9)18-17-10-2-4-11(5-3-10)25(22,23)24/h1-6,8,12,19H,7,16H2,(H,20,21)(H,22,23,24)/t12-/m0/s1. The minimum Gasteiger partial charge on any atom is -0.506 e. The van der Waals surface area contributed by atoms with Crippen LogP contribution >= 0.6 is 0 Å². The third-order valence-electron chi connectivity index (χ3n) is 3.22. The number of carbonyl (C=O) groups is 1. The molecule has 0 amide bonds. The first-order valence-electron chi connectivity index (χ1n) is 6.96. The number of nitrogens with two attached hydrogens (primary N) is 1. The molecule has 9 nitrogen and oxygen atoms in total. The molecule has 10 heteroatoms. The van der Waals surface area contributed by atoms with Crippen molar-refractivity contribution in [3.8, 4) is 5.75 Å². The number of aromatic hydroxyl groups is 1. The second kappa shape index (κ2) is 7.38. The summed E-state index contributed by atoms with van der Waals surface area (Å²) in [5.74, 6) is -1.30. The number of hydrogen-bond donors (Lipinski definition) is 4. The van der Waals surface area contributed by atoms with Gasteiger partial charge in [0.05, 0.1) is 10.6 Å². The topological polar surface area (TPSA) is 163 Å². The van der Waals surface area contributed by atoms with E-state index in [0.29, 0.717) is 11.3 Å². The van der Waals surface area contributed by atoms with Gasteiger partial charge in [-0.15, -0.1) is 5.11 Å². The van der Waals surface area contributed by atoms with Gasteiger partial charge in [-0.25, -0.2) is 0 Å². The number of benzene rings is 2. The van der Waals surface area contributed by atoms with Crippen LogP contribution in [0.25, 0.3) is 0 Å². The van der Waals surface area contributed by atoms with Crippen molar-refractivity contribution in [1.82, 2.24) is 0 Å². The minimum absolute atomic E-state index is 0.0567. The van der Waals surface area contributed by atoms with Crippen molar-refractivity contribution >= 4 is 27.5 Å². The fourth-order valence-electron chi connectivity index (χ4n) is 1.91. The Morgan fingerprint density at radius 2 is 1.76 bits per heavy atom. The van der Waals surface area contributed by atoms with E-state index in [9.17, 15) is 18.3 Å². The number of carboxylic acids is 1. The number of phenols is 1. The predicted octanol–water partition coefficient (Wildman–Crippen LogP) is 2.01. The second-order valence-electron chi connectivity index (χ2n) is 5.14. The summed E-state index contributed by atoms with van der Waals surface area (Å²) >= 11 is 0. The van der Waals surface area contributed by atoms with E-state index in [2.05, 4.69) is 10.2 Å².